The third-order valence-corrected chi connectivity index (χ3v) is 7.17. The van der Waals surface area contributed by atoms with Gasteiger partial charge in [0.15, 0.2) is 5.03 Å². The Balaban J connectivity index is 1.47. The molecular weight excluding hydrogens is 414 g/mol. The van der Waals surface area contributed by atoms with Crippen LogP contribution in [0.25, 0.3) is 0 Å². The average molecular weight is 442 g/mol. The van der Waals surface area contributed by atoms with E-state index in [0.29, 0.717) is 43.6 Å². The number of nitrogens with zero attached hydrogens (tertiary/aromatic N) is 6. The lowest BCUT2D eigenvalue weighted by atomic mass is 10.2. The summed E-state index contributed by atoms with van der Waals surface area (Å²) in [6.07, 6.45) is 1.56. The standard InChI is InChI=1S/C21H27N7O2S/c1-15-5-7-18(8-6-15)25-19-13-20(23-16(2)22-19)27-9-11-28(12-10-27)31(29,30)21-14-26(4)17(3)24-21/h5-8,13-14H,9-12H2,1-4H3,(H,22,23,25). The number of benzene rings is 1. The number of anilines is 3. The maximum Gasteiger partial charge on any atom is 0.262 e. The quantitative estimate of drug-likeness (QED) is 0.649. The van der Waals surface area contributed by atoms with Crippen LogP contribution in [0.5, 0.6) is 0 Å². The molecule has 0 atom stereocenters. The predicted octanol–water partition coefficient (Wildman–Crippen LogP) is 2.39. The smallest absolute Gasteiger partial charge is 0.262 e. The van der Waals surface area contributed by atoms with Gasteiger partial charge in [-0.2, -0.15) is 4.31 Å². The SMILES string of the molecule is Cc1ccc(Nc2cc(N3CCN(S(=O)(=O)c4cn(C)c(C)n4)CC3)nc(C)n2)cc1. The molecule has 2 aromatic heterocycles. The van der Waals surface area contributed by atoms with Crippen molar-refractivity contribution >= 4 is 27.3 Å². The zero-order valence-corrected chi connectivity index (χ0v) is 19.0. The summed E-state index contributed by atoms with van der Waals surface area (Å²) in [6, 6.07) is 10.0. The highest BCUT2D eigenvalue weighted by atomic mass is 32.2. The Bertz CT molecular complexity index is 1160. The van der Waals surface area contributed by atoms with Crippen molar-refractivity contribution in [2.45, 2.75) is 25.8 Å². The Labute approximate surface area is 182 Å². The summed E-state index contributed by atoms with van der Waals surface area (Å²) in [5, 5.41) is 3.42. The summed E-state index contributed by atoms with van der Waals surface area (Å²) >= 11 is 0. The largest absolute Gasteiger partial charge is 0.354 e. The molecule has 1 aromatic carbocycles. The van der Waals surface area contributed by atoms with Gasteiger partial charge >= 0.3 is 0 Å². The van der Waals surface area contributed by atoms with E-state index >= 15 is 0 Å². The van der Waals surface area contributed by atoms with Gasteiger partial charge in [-0.3, -0.25) is 0 Å². The molecule has 0 radical (unpaired) electrons. The van der Waals surface area contributed by atoms with Gasteiger partial charge in [-0.25, -0.2) is 23.4 Å². The lowest BCUT2D eigenvalue weighted by Gasteiger charge is -2.34. The fraction of sp³-hybridized carbons (Fsp3) is 0.381. The normalized spacial score (nSPS) is 15.3. The molecule has 1 N–H and O–H groups in total. The fourth-order valence-electron chi connectivity index (χ4n) is 3.50. The third kappa shape index (κ3) is 4.54. The van der Waals surface area contributed by atoms with Gasteiger partial charge in [0.05, 0.1) is 0 Å². The number of aryl methyl sites for hydroxylation is 4. The summed E-state index contributed by atoms with van der Waals surface area (Å²) in [5.41, 5.74) is 2.15. The lowest BCUT2D eigenvalue weighted by Crippen LogP contribution is -2.49. The number of imidazole rings is 1. The van der Waals surface area contributed by atoms with Gasteiger partial charge in [0.2, 0.25) is 0 Å². The van der Waals surface area contributed by atoms with Crippen LogP contribution in [0.4, 0.5) is 17.3 Å². The molecule has 31 heavy (non-hydrogen) atoms. The second-order valence-electron chi connectivity index (χ2n) is 7.78. The fourth-order valence-corrected chi connectivity index (χ4v) is 4.95. The first-order chi connectivity index (χ1) is 14.7. The van der Waals surface area contributed by atoms with E-state index in [0.717, 1.165) is 11.5 Å². The summed E-state index contributed by atoms with van der Waals surface area (Å²) in [4.78, 5) is 15.3. The van der Waals surface area contributed by atoms with Crippen molar-refractivity contribution < 1.29 is 8.42 Å². The van der Waals surface area contributed by atoms with E-state index in [4.69, 9.17) is 0 Å². The first-order valence-corrected chi connectivity index (χ1v) is 11.6. The summed E-state index contributed by atoms with van der Waals surface area (Å²) < 4.78 is 29.1. The maximum absolute atomic E-state index is 12.9. The number of hydrogen-bond donors (Lipinski definition) is 1. The van der Waals surface area contributed by atoms with E-state index in [2.05, 4.69) is 25.2 Å². The first-order valence-electron chi connectivity index (χ1n) is 10.2. The molecule has 10 heteroatoms. The first kappa shape index (κ1) is 21.3. The van der Waals surface area contributed by atoms with Crippen LogP contribution in [0, 0.1) is 20.8 Å². The molecule has 1 saturated heterocycles. The molecule has 1 aliphatic rings. The van der Waals surface area contributed by atoms with Crippen molar-refractivity contribution in [3.8, 4) is 0 Å². The monoisotopic (exact) mass is 441 g/mol. The zero-order valence-electron chi connectivity index (χ0n) is 18.2. The predicted molar refractivity (Wildman–Crippen MR) is 120 cm³/mol. The van der Waals surface area contributed by atoms with Gasteiger partial charge in [0.1, 0.15) is 23.3 Å². The number of sulfonamides is 1. The van der Waals surface area contributed by atoms with Gasteiger partial charge in [0.25, 0.3) is 10.0 Å². The van der Waals surface area contributed by atoms with Crippen LogP contribution >= 0.6 is 0 Å². The van der Waals surface area contributed by atoms with Crippen LogP contribution in [0.2, 0.25) is 0 Å². The van der Waals surface area contributed by atoms with Gasteiger partial charge in [0, 0.05) is 51.2 Å². The molecule has 3 aromatic rings. The van der Waals surface area contributed by atoms with Crippen LogP contribution in [0.3, 0.4) is 0 Å². The van der Waals surface area contributed by atoms with Crippen LogP contribution < -0.4 is 10.2 Å². The zero-order chi connectivity index (χ0) is 22.2. The highest BCUT2D eigenvalue weighted by Crippen LogP contribution is 2.23. The Morgan fingerprint density at radius 1 is 0.935 bits per heavy atom. The van der Waals surface area contributed by atoms with Crippen LogP contribution in [-0.4, -0.2) is 58.4 Å². The molecule has 9 nitrogen and oxygen atoms in total. The van der Waals surface area contributed by atoms with Crippen LogP contribution in [0.1, 0.15) is 17.2 Å². The Morgan fingerprint density at radius 2 is 1.61 bits per heavy atom. The maximum atomic E-state index is 12.9. The van der Waals surface area contributed by atoms with Crippen molar-refractivity contribution in [1.82, 2.24) is 23.8 Å². The third-order valence-electron chi connectivity index (χ3n) is 5.40. The Kier molecular flexibility index (Phi) is 5.67. The molecule has 0 bridgehead atoms. The summed E-state index contributed by atoms with van der Waals surface area (Å²) in [5.74, 6) is 2.83. The highest BCUT2D eigenvalue weighted by Gasteiger charge is 2.31. The molecule has 0 unspecified atom stereocenters. The van der Waals surface area contributed by atoms with Gasteiger partial charge in [-0.05, 0) is 32.9 Å². The van der Waals surface area contributed by atoms with E-state index in [1.54, 1.807) is 24.7 Å². The van der Waals surface area contributed by atoms with E-state index < -0.39 is 10.0 Å². The molecule has 0 aliphatic carbocycles. The molecule has 0 amide bonds. The van der Waals surface area contributed by atoms with Crippen molar-refractivity contribution in [2.75, 3.05) is 36.4 Å². The van der Waals surface area contributed by atoms with Gasteiger partial charge < -0.3 is 14.8 Å². The van der Waals surface area contributed by atoms with Crippen molar-refractivity contribution in [3.63, 3.8) is 0 Å². The highest BCUT2D eigenvalue weighted by molar-refractivity contribution is 7.89. The van der Waals surface area contributed by atoms with Gasteiger partial charge in [-0.1, -0.05) is 17.7 Å². The van der Waals surface area contributed by atoms with Crippen LogP contribution in [-0.2, 0) is 17.1 Å². The van der Waals surface area contributed by atoms with E-state index in [1.165, 1.54) is 9.87 Å². The van der Waals surface area contributed by atoms with Crippen LogP contribution in [0.15, 0.2) is 41.6 Å². The molecule has 1 fully saturated rings. The molecule has 3 heterocycles. The van der Waals surface area contributed by atoms with E-state index in [9.17, 15) is 8.42 Å². The Hall–Kier alpha value is -2.98. The molecule has 0 saturated carbocycles. The molecule has 0 spiro atoms. The molecular formula is C21H27N7O2S. The number of piperazine rings is 1. The average Bonchev–Trinajstić information content (AvgIpc) is 3.09. The summed E-state index contributed by atoms with van der Waals surface area (Å²) in [7, 11) is -1.81. The van der Waals surface area contributed by atoms with E-state index in [-0.39, 0.29) is 5.03 Å². The van der Waals surface area contributed by atoms with Crippen molar-refractivity contribution in [2.24, 2.45) is 7.05 Å². The van der Waals surface area contributed by atoms with Gasteiger partial charge in [-0.15, -0.1) is 0 Å². The second kappa shape index (κ2) is 8.27. The number of nitrogens with one attached hydrogen (secondary N) is 1. The number of aromatic nitrogens is 4. The second-order valence-corrected chi connectivity index (χ2v) is 9.66. The molecule has 4 rings (SSSR count). The number of hydrogen-bond acceptors (Lipinski definition) is 7. The minimum absolute atomic E-state index is 0.100. The molecule has 1 aliphatic heterocycles. The minimum Gasteiger partial charge on any atom is -0.354 e. The Morgan fingerprint density at radius 3 is 2.23 bits per heavy atom. The number of rotatable bonds is 5. The topological polar surface area (TPSA) is 96.2 Å². The summed E-state index contributed by atoms with van der Waals surface area (Å²) in [6.45, 7) is 7.54. The molecule has 164 valence electrons. The van der Waals surface area contributed by atoms with Crippen molar-refractivity contribution in [1.29, 1.82) is 0 Å². The van der Waals surface area contributed by atoms with Crippen molar-refractivity contribution in [3.05, 3.63) is 53.7 Å². The van der Waals surface area contributed by atoms with E-state index in [1.807, 2.05) is 44.2 Å². The minimum atomic E-state index is -3.60. The lowest BCUT2D eigenvalue weighted by molar-refractivity contribution is 0.382.